The number of hydrogen-bond donors (Lipinski definition) is 2. The molecule has 0 saturated heterocycles. The summed E-state index contributed by atoms with van der Waals surface area (Å²) in [4.78, 5) is 0. The van der Waals surface area contributed by atoms with Crippen LogP contribution < -0.4 is 11.3 Å². The van der Waals surface area contributed by atoms with Crippen molar-refractivity contribution in [3.8, 4) is 0 Å². The molecule has 0 aromatic carbocycles. The van der Waals surface area contributed by atoms with Gasteiger partial charge in [-0.2, -0.15) is 0 Å². The number of hydrogen-bond acceptors (Lipinski definition) is 4. The Morgan fingerprint density at radius 3 is 2.15 bits per heavy atom. The van der Waals surface area contributed by atoms with Gasteiger partial charge in [-0.3, -0.25) is 11.3 Å². The first-order valence-corrected chi connectivity index (χ1v) is 4.85. The van der Waals surface area contributed by atoms with Crippen molar-refractivity contribution in [1.29, 1.82) is 0 Å². The van der Waals surface area contributed by atoms with Crippen LogP contribution in [-0.4, -0.2) is 26.6 Å². The van der Waals surface area contributed by atoms with Crippen molar-refractivity contribution in [2.75, 3.05) is 14.2 Å². The molecular weight excluding hydrogens is 168 g/mol. The van der Waals surface area contributed by atoms with Crippen LogP contribution >= 0.6 is 0 Å². The van der Waals surface area contributed by atoms with Crippen LogP contribution in [0.1, 0.15) is 25.7 Å². The van der Waals surface area contributed by atoms with E-state index >= 15 is 0 Å². The van der Waals surface area contributed by atoms with Crippen molar-refractivity contribution in [3.63, 3.8) is 0 Å². The van der Waals surface area contributed by atoms with E-state index in [9.17, 15) is 0 Å². The minimum absolute atomic E-state index is 0.123. The Kier molecular flexibility index (Phi) is 4.66. The quantitative estimate of drug-likeness (QED) is 0.377. The zero-order valence-electron chi connectivity index (χ0n) is 8.45. The van der Waals surface area contributed by atoms with Crippen molar-refractivity contribution in [3.05, 3.63) is 0 Å². The molecule has 1 saturated carbocycles. The summed E-state index contributed by atoms with van der Waals surface area (Å²) in [6.07, 6.45) is 4.80. The van der Waals surface area contributed by atoms with Gasteiger partial charge >= 0.3 is 0 Å². The number of ether oxygens (including phenoxy) is 2. The molecule has 0 aliphatic heterocycles. The SMILES string of the molecule is COC(OC)C(NN)C1CCCC1. The van der Waals surface area contributed by atoms with Crippen molar-refractivity contribution in [2.24, 2.45) is 11.8 Å². The summed E-state index contributed by atoms with van der Waals surface area (Å²) < 4.78 is 10.4. The third-order valence-corrected chi connectivity index (χ3v) is 2.86. The third-order valence-electron chi connectivity index (χ3n) is 2.86. The smallest absolute Gasteiger partial charge is 0.173 e. The van der Waals surface area contributed by atoms with Gasteiger partial charge in [0, 0.05) is 14.2 Å². The molecule has 1 aliphatic rings. The first-order chi connectivity index (χ1) is 6.33. The van der Waals surface area contributed by atoms with Crippen molar-refractivity contribution in [1.82, 2.24) is 5.43 Å². The van der Waals surface area contributed by atoms with Crippen LogP contribution in [-0.2, 0) is 9.47 Å². The van der Waals surface area contributed by atoms with E-state index in [2.05, 4.69) is 5.43 Å². The zero-order chi connectivity index (χ0) is 9.68. The fourth-order valence-electron chi connectivity index (χ4n) is 2.14. The van der Waals surface area contributed by atoms with E-state index in [1.54, 1.807) is 14.2 Å². The van der Waals surface area contributed by atoms with Gasteiger partial charge in [0.2, 0.25) is 0 Å². The summed E-state index contributed by atoms with van der Waals surface area (Å²) in [6, 6.07) is 0.123. The average molecular weight is 188 g/mol. The number of methoxy groups -OCH3 is 2. The largest absolute Gasteiger partial charge is 0.354 e. The van der Waals surface area contributed by atoms with E-state index in [-0.39, 0.29) is 12.3 Å². The molecule has 0 spiro atoms. The van der Waals surface area contributed by atoms with Crippen LogP contribution in [0.5, 0.6) is 0 Å². The fourth-order valence-corrected chi connectivity index (χ4v) is 2.14. The second kappa shape index (κ2) is 5.54. The van der Waals surface area contributed by atoms with Crippen LogP contribution in [0.15, 0.2) is 0 Å². The van der Waals surface area contributed by atoms with Crippen LogP contribution in [0, 0.1) is 5.92 Å². The van der Waals surface area contributed by atoms with E-state index in [1.807, 2.05) is 0 Å². The second-order valence-electron chi connectivity index (χ2n) is 3.58. The van der Waals surface area contributed by atoms with E-state index in [0.29, 0.717) is 5.92 Å². The van der Waals surface area contributed by atoms with Crippen LogP contribution in [0.3, 0.4) is 0 Å². The number of nitrogens with two attached hydrogens (primary N) is 1. The normalized spacial score (nSPS) is 21.2. The third kappa shape index (κ3) is 2.64. The highest BCUT2D eigenvalue weighted by molar-refractivity contribution is 4.81. The summed E-state index contributed by atoms with van der Waals surface area (Å²) in [5.41, 5.74) is 2.80. The maximum Gasteiger partial charge on any atom is 0.173 e. The summed E-state index contributed by atoms with van der Waals surface area (Å²) in [7, 11) is 3.29. The van der Waals surface area contributed by atoms with E-state index in [1.165, 1.54) is 25.7 Å². The minimum Gasteiger partial charge on any atom is -0.354 e. The van der Waals surface area contributed by atoms with Gasteiger partial charge in [-0.05, 0) is 18.8 Å². The lowest BCUT2D eigenvalue weighted by Crippen LogP contribution is -2.49. The molecule has 78 valence electrons. The monoisotopic (exact) mass is 188 g/mol. The topological polar surface area (TPSA) is 56.5 Å². The molecule has 1 rings (SSSR count). The van der Waals surface area contributed by atoms with Crippen LogP contribution in [0.25, 0.3) is 0 Å². The molecule has 1 fully saturated rings. The Bertz CT molecular complexity index is 132. The highest BCUT2D eigenvalue weighted by atomic mass is 16.7. The molecule has 0 radical (unpaired) electrons. The van der Waals surface area contributed by atoms with Crippen molar-refractivity contribution < 1.29 is 9.47 Å². The van der Waals surface area contributed by atoms with E-state index < -0.39 is 0 Å². The van der Waals surface area contributed by atoms with Gasteiger partial charge < -0.3 is 9.47 Å². The standard InChI is InChI=1S/C9H20N2O2/c1-12-9(13-2)8(11-10)7-5-3-4-6-7/h7-9,11H,3-6,10H2,1-2H3. The Labute approximate surface area is 79.7 Å². The Morgan fingerprint density at radius 2 is 1.77 bits per heavy atom. The number of nitrogens with one attached hydrogen (secondary N) is 1. The highest BCUT2D eigenvalue weighted by Crippen LogP contribution is 2.29. The fraction of sp³-hybridized carbons (Fsp3) is 1.00. The van der Waals surface area contributed by atoms with Crippen LogP contribution in [0.2, 0.25) is 0 Å². The molecule has 0 aromatic heterocycles. The number of hydrazine groups is 1. The molecular formula is C9H20N2O2. The maximum atomic E-state index is 5.49. The van der Waals surface area contributed by atoms with Gasteiger partial charge in [0.1, 0.15) is 0 Å². The lowest BCUT2D eigenvalue weighted by molar-refractivity contribution is -0.132. The van der Waals surface area contributed by atoms with E-state index in [4.69, 9.17) is 15.3 Å². The zero-order valence-corrected chi connectivity index (χ0v) is 8.45. The summed E-state index contributed by atoms with van der Waals surface area (Å²) in [5.74, 6) is 6.09. The summed E-state index contributed by atoms with van der Waals surface area (Å²) in [6.45, 7) is 0. The number of rotatable bonds is 5. The van der Waals surface area contributed by atoms with Gasteiger partial charge in [-0.15, -0.1) is 0 Å². The Hall–Kier alpha value is -0.160. The van der Waals surface area contributed by atoms with Gasteiger partial charge in [0.15, 0.2) is 6.29 Å². The van der Waals surface area contributed by atoms with Crippen LogP contribution in [0.4, 0.5) is 0 Å². The molecule has 1 atom stereocenters. The predicted molar refractivity (Wildman–Crippen MR) is 50.9 cm³/mol. The molecule has 0 amide bonds. The Morgan fingerprint density at radius 1 is 1.23 bits per heavy atom. The molecule has 3 N–H and O–H groups in total. The van der Waals surface area contributed by atoms with Gasteiger partial charge in [-0.25, -0.2) is 0 Å². The van der Waals surface area contributed by atoms with E-state index in [0.717, 1.165) is 0 Å². The molecule has 4 nitrogen and oxygen atoms in total. The first kappa shape index (κ1) is 10.9. The molecule has 4 heteroatoms. The molecule has 0 bridgehead atoms. The lowest BCUT2D eigenvalue weighted by atomic mass is 9.98. The Balaban J connectivity index is 2.48. The second-order valence-corrected chi connectivity index (χ2v) is 3.58. The summed E-state index contributed by atoms with van der Waals surface area (Å²) >= 11 is 0. The highest BCUT2D eigenvalue weighted by Gasteiger charge is 2.30. The van der Waals surface area contributed by atoms with Gasteiger partial charge in [0.25, 0.3) is 0 Å². The molecule has 0 heterocycles. The minimum atomic E-state index is -0.229. The predicted octanol–water partition coefficient (Wildman–Crippen LogP) is 0.627. The maximum absolute atomic E-state index is 5.49. The first-order valence-electron chi connectivity index (χ1n) is 4.85. The summed E-state index contributed by atoms with van der Waals surface area (Å²) in [5, 5.41) is 0. The van der Waals surface area contributed by atoms with Crippen molar-refractivity contribution >= 4 is 0 Å². The molecule has 1 unspecified atom stereocenters. The lowest BCUT2D eigenvalue weighted by Gasteiger charge is -2.28. The van der Waals surface area contributed by atoms with Gasteiger partial charge in [-0.1, -0.05) is 12.8 Å². The van der Waals surface area contributed by atoms with Crippen molar-refractivity contribution in [2.45, 2.75) is 38.0 Å². The van der Waals surface area contributed by atoms with Gasteiger partial charge in [0.05, 0.1) is 6.04 Å². The average Bonchev–Trinajstić information content (AvgIpc) is 2.66. The molecule has 0 aromatic rings. The molecule has 1 aliphatic carbocycles. The molecule has 13 heavy (non-hydrogen) atoms.